The second-order valence-corrected chi connectivity index (χ2v) is 6.64. The van der Waals surface area contributed by atoms with Gasteiger partial charge in [0.15, 0.2) is 0 Å². The fraction of sp³-hybridized carbons (Fsp3) is 0.333. The lowest BCUT2D eigenvalue weighted by molar-refractivity contribution is 0.304. The lowest BCUT2D eigenvalue weighted by atomic mass is 9.89. The Bertz CT molecular complexity index is 606. The first-order valence-corrected chi connectivity index (χ1v) is 8.22. The summed E-state index contributed by atoms with van der Waals surface area (Å²) < 4.78 is 6.87. The van der Waals surface area contributed by atoms with E-state index in [9.17, 15) is 0 Å². The summed E-state index contributed by atoms with van der Waals surface area (Å²) in [7, 11) is 0. The highest BCUT2D eigenvalue weighted by Gasteiger charge is 2.31. The van der Waals surface area contributed by atoms with Crippen molar-refractivity contribution in [2.24, 2.45) is 5.73 Å². The van der Waals surface area contributed by atoms with Crippen LogP contribution in [0, 0.1) is 0 Å². The minimum absolute atomic E-state index is 0.152. The maximum Gasteiger partial charge on any atom is 0.134 e. The summed E-state index contributed by atoms with van der Waals surface area (Å²) in [5, 5.41) is 0. The van der Waals surface area contributed by atoms with E-state index in [0.29, 0.717) is 6.61 Å². The van der Waals surface area contributed by atoms with Crippen LogP contribution in [-0.4, -0.2) is 0 Å². The molecule has 0 aromatic heterocycles. The van der Waals surface area contributed by atoms with Crippen molar-refractivity contribution in [1.29, 1.82) is 0 Å². The third-order valence-electron chi connectivity index (χ3n) is 4.24. The van der Waals surface area contributed by atoms with Gasteiger partial charge in [0.25, 0.3) is 0 Å². The van der Waals surface area contributed by atoms with Crippen LogP contribution >= 0.6 is 15.9 Å². The maximum atomic E-state index is 6.50. The zero-order chi connectivity index (χ0) is 14.7. The van der Waals surface area contributed by atoms with Crippen LogP contribution in [0.25, 0.3) is 0 Å². The van der Waals surface area contributed by atoms with Crippen LogP contribution in [0.5, 0.6) is 5.75 Å². The minimum atomic E-state index is -0.152. The summed E-state index contributed by atoms with van der Waals surface area (Å²) in [6.45, 7) is 0.576. The van der Waals surface area contributed by atoms with Gasteiger partial charge in [-0.2, -0.15) is 0 Å². The van der Waals surface area contributed by atoms with Crippen molar-refractivity contribution in [1.82, 2.24) is 0 Å². The maximum absolute atomic E-state index is 6.50. The molecular formula is C18H20BrNO. The van der Waals surface area contributed by atoms with E-state index < -0.39 is 0 Å². The van der Waals surface area contributed by atoms with Crippen molar-refractivity contribution in [3.05, 3.63) is 64.1 Å². The molecule has 1 saturated carbocycles. The van der Waals surface area contributed by atoms with Gasteiger partial charge in [0, 0.05) is 5.54 Å². The second-order valence-electron chi connectivity index (χ2n) is 5.78. The molecule has 21 heavy (non-hydrogen) atoms. The molecule has 3 rings (SSSR count). The quantitative estimate of drug-likeness (QED) is 0.867. The van der Waals surface area contributed by atoms with Crippen molar-refractivity contribution in [2.45, 2.75) is 37.8 Å². The van der Waals surface area contributed by atoms with E-state index >= 15 is 0 Å². The Hall–Kier alpha value is -1.32. The number of ether oxygens (including phenoxy) is 1. The minimum Gasteiger partial charge on any atom is -0.488 e. The van der Waals surface area contributed by atoms with Gasteiger partial charge < -0.3 is 10.5 Å². The van der Waals surface area contributed by atoms with E-state index in [1.165, 1.54) is 24.0 Å². The van der Waals surface area contributed by atoms with Crippen LogP contribution in [0.1, 0.15) is 36.8 Å². The Kier molecular flexibility index (Phi) is 4.32. The van der Waals surface area contributed by atoms with Gasteiger partial charge in [-0.25, -0.2) is 0 Å². The first-order valence-electron chi connectivity index (χ1n) is 7.43. The molecule has 3 heteroatoms. The molecule has 2 aromatic rings. The zero-order valence-corrected chi connectivity index (χ0v) is 13.6. The molecule has 2 aromatic carbocycles. The van der Waals surface area contributed by atoms with Crippen LogP contribution in [0.4, 0.5) is 0 Å². The van der Waals surface area contributed by atoms with Crippen molar-refractivity contribution in [3.8, 4) is 5.75 Å². The summed E-state index contributed by atoms with van der Waals surface area (Å²) in [5.74, 6) is 0.865. The van der Waals surface area contributed by atoms with Crippen molar-refractivity contribution in [2.75, 3.05) is 0 Å². The Morgan fingerprint density at radius 3 is 2.43 bits per heavy atom. The number of halogens is 1. The molecule has 0 heterocycles. The summed E-state index contributed by atoms with van der Waals surface area (Å²) in [4.78, 5) is 0. The van der Waals surface area contributed by atoms with Crippen LogP contribution in [0.15, 0.2) is 53.0 Å². The summed E-state index contributed by atoms with van der Waals surface area (Å²) in [6.07, 6.45) is 4.59. The molecule has 1 aliphatic carbocycles. The summed E-state index contributed by atoms with van der Waals surface area (Å²) >= 11 is 3.61. The van der Waals surface area contributed by atoms with Gasteiger partial charge >= 0.3 is 0 Å². The predicted molar refractivity (Wildman–Crippen MR) is 89.2 cm³/mol. The van der Waals surface area contributed by atoms with Gasteiger partial charge in [-0.1, -0.05) is 49.2 Å². The molecule has 0 spiro atoms. The molecule has 2 N–H and O–H groups in total. The SMILES string of the molecule is NC1(c2ccc(OCc3ccccc3)c(Br)c2)CCCC1. The Morgan fingerprint density at radius 1 is 1.05 bits per heavy atom. The molecule has 0 bridgehead atoms. The average Bonchev–Trinajstić information content (AvgIpc) is 2.95. The van der Waals surface area contributed by atoms with Gasteiger partial charge in [0.1, 0.15) is 12.4 Å². The predicted octanol–water partition coefficient (Wildman–Crippen LogP) is 4.76. The van der Waals surface area contributed by atoms with E-state index in [2.05, 4.69) is 40.2 Å². The molecule has 0 unspecified atom stereocenters. The number of benzene rings is 2. The number of rotatable bonds is 4. The van der Waals surface area contributed by atoms with Crippen LogP contribution in [0.2, 0.25) is 0 Å². The molecule has 0 atom stereocenters. The Morgan fingerprint density at radius 2 is 1.76 bits per heavy atom. The monoisotopic (exact) mass is 345 g/mol. The van der Waals surface area contributed by atoms with E-state index in [4.69, 9.17) is 10.5 Å². The molecule has 0 amide bonds. The lowest BCUT2D eigenvalue weighted by Gasteiger charge is -2.25. The van der Waals surface area contributed by atoms with Gasteiger partial charge in [0.2, 0.25) is 0 Å². The van der Waals surface area contributed by atoms with E-state index in [1.807, 2.05) is 24.3 Å². The van der Waals surface area contributed by atoms with Gasteiger partial charge in [-0.3, -0.25) is 0 Å². The third kappa shape index (κ3) is 3.30. The highest BCUT2D eigenvalue weighted by Crippen LogP contribution is 2.39. The Balaban J connectivity index is 1.73. The van der Waals surface area contributed by atoms with Crippen LogP contribution in [-0.2, 0) is 12.1 Å². The standard InChI is InChI=1S/C18H20BrNO/c19-16-12-15(18(20)10-4-5-11-18)8-9-17(16)21-13-14-6-2-1-3-7-14/h1-3,6-9,12H,4-5,10-11,13,20H2. The van der Waals surface area contributed by atoms with Crippen LogP contribution < -0.4 is 10.5 Å². The van der Waals surface area contributed by atoms with Gasteiger partial charge in [0.05, 0.1) is 4.47 Å². The highest BCUT2D eigenvalue weighted by molar-refractivity contribution is 9.10. The largest absolute Gasteiger partial charge is 0.488 e. The van der Waals surface area contributed by atoms with Gasteiger partial charge in [-0.05, 0) is 52.0 Å². The lowest BCUT2D eigenvalue weighted by Crippen LogP contribution is -2.32. The number of nitrogens with two attached hydrogens (primary N) is 1. The number of hydrogen-bond donors (Lipinski definition) is 1. The van der Waals surface area contributed by atoms with Crippen molar-refractivity contribution >= 4 is 15.9 Å². The van der Waals surface area contributed by atoms with E-state index in [-0.39, 0.29) is 5.54 Å². The smallest absolute Gasteiger partial charge is 0.134 e. The average molecular weight is 346 g/mol. The van der Waals surface area contributed by atoms with Crippen LogP contribution in [0.3, 0.4) is 0 Å². The molecule has 0 aliphatic heterocycles. The van der Waals surface area contributed by atoms with E-state index in [1.54, 1.807) is 0 Å². The third-order valence-corrected chi connectivity index (χ3v) is 4.86. The molecule has 1 fully saturated rings. The molecule has 0 radical (unpaired) electrons. The molecular weight excluding hydrogens is 326 g/mol. The number of hydrogen-bond acceptors (Lipinski definition) is 2. The van der Waals surface area contributed by atoms with Crippen molar-refractivity contribution < 1.29 is 4.74 Å². The Labute approximate surface area is 134 Å². The summed E-state index contributed by atoms with van der Waals surface area (Å²) in [5.41, 5.74) is 8.72. The molecule has 2 nitrogen and oxygen atoms in total. The molecule has 0 saturated heterocycles. The molecule has 110 valence electrons. The summed E-state index contributed by atoms with van der Waals surface area (Å²) in [6, 6.07) is 16.4. The second kappa shape index (κ2) is 6.20. The highest BCUT2D eigenvalue weighted by atomic mass is 79.9. The first kappa shape index (κ1) is 14.6. The first-order chi connectivity index (χ1) is 10.2. The van der Waals surface area contributed by atoms with Crippen molar-refractivity contribution in [3.63, 3.8) is 0 Å². The normalized spacial score (nSPS) is 16.9. The fourth-order valence-corrected chi connectivity index (χ4v) is 3.45. The van der Waals surface area contributed by atoms with E-state index in [0.717, 1.165) is 23.1 Å². The zero-order valence-electron chi connectivity index (χ0n) is 12.0. The fourth-order valence-electron chi connectivity index (χ4n) is 2.96. The topological polar surface area (TPSA) is 35.2 Å². The van der Waals surface area contributed by atoms with Gasteiger partial charge in [-0.15, -0.1) is 0 Å². The molecule has 1 aliphatic rings.